The number of aliphatic hydroxyl groups is 3. The summed E-state index contributed by atoms with van der Waals surface area (Å²) in [7, 11) is 0. The lowest BCUT2D eigenvalue weighted by molar-refractivity contribution is -0.147. The Balaban J connectivity index is 2.43. The van der Waals surface area contributed by atoms with Crippen LogP contribution in [0, 0.1) is 5.92 Å². The van der Waals surface area contributed by atoms with Crippen molar-refractivity contribution in [3.63, 3.8) is 0 Å². The van der Waals surface area contributed by atoms with Gasteiger partial charge in [-0.2, -0.15) is 0 Å². The molecule has 27 heavy (non-hydrogen) atoms. The molecule has 7 nitrogen and oxygen atoms in total. The predicted molar refractivity (Wildman–Crippen MR) is 97.4 cm³/mol. The Hall–Kier alpha value is -2.22. The summed E-state index contributed by atoms with van der Waals surface area (Å²) in [6.45, 7) is 6.46. The van der Waals surface area contributed by atoms with E-state index >= 15 is 0 Å². The number of esters is 2. The van der Waals surface area contributed by atoms with Crippen molar-refractivity contribution in [2.24, 2.45) is 5.92 Å². The fraction of sp³-hybridized carbons (Fsp3) is 0.500. The molecular formula is C20H26O7. The molecule has 1 heterocycles. The first-order valence-corrected chi connectivity index (χ1v) is 8.82. The van der Waals surface area contributed by atoms with E-state index in [2.05, 4.69) is 6.58 Å². The van der Waals surface area contributed by atoms with Crippen LogP contribution in [0.3, 0.4) is 0 Å². The minimum absolute atomic E-state index is 0.172. The van der Waals surface area contributed by atoms with Crippen molar-refractivity contribution < 1.29 is 34.4 Å². The van der Waals surface area contributed by atoms with Crippen LogP contribution in [0.1, 0.15) is 26.7 Å². The molecule has 1 aliphatic carbocycles. The molecule has 2 aliphatic rings. The normalized spacial score (nSPS) is 33.3. The summed E-state index contributed by atoms with van der Waals surface area (Å²) in [5, 5.41) is 28.9. The molecule has 0 spiro atoms. The van der Waals surface area contributed by atoms with Crippen LogP contribution >= 0.6 is 0 Å². The number of ether oxygens (including phenoxy) is 2. The summed E-state index contributed by atoms with van der Waals surface area (Å²) < 4.78 is 11.0. The Morgan fingerprint density at radius 3 is 2.78 bits per heavy atom. The first kappa shape index (κ1) is 21.1. The van der Waals surface area contributed by atoms with E-state index in [4.69, 9.17) is 14.6 Å². The second kappa shape index (κ2) is 9.12. The van der Waals surface area contributed by atoms with Crippen LogP contribution in [0.15, 0.2) is 47.1 Å². The Labute approximate surface area is 158 Å². The van der Waals surface area contributed by atoms with Crippen LogP contribution in [-0.4, -0.2) is 58.8 Å². The highest BCUT2D eigenvalue weighted by molar-refractivity contribution is 5.92. The SMILES string of the molecule is C=C1C(=O)O[C@@H]2/C=C(\C)[C@@H](O)C/C=C(\CO)C[C@@H](OC(=O)/C(C)=C/CO)[C@@H]12. The summed E-state index contributed by atoms with van der Waals surface area (Å²) in [5.74, 6) is -1.85. The summed E-state index contributed by atoms with van der Waals surface area (Å²) in [4.78, 5) is 24.4. The number of rotatable bonds is 4. The van der Waals surface area contributed by atoms with Crippen LogP contribution in [0.5, 0.6) is 0 Å². The second-order valence-electron chi connectivity index (χ2n) is 6.82. The molecule has 0 aromatic rings. The van der Waals surface area contributed by atoms with Gasteiger partial charge in [0.05, 0.1) is 25.2 Å². The summed E-state index contributed by atoms with van der Waals surface area (Å²) in [6, 6.07) is 0. The Morgan fingerprint density at radius 1 is 1.44 bits per heavy atom. The average molecular weight is 378 g/mol. The van der Waals surface area contributed by atoms with E-state index in [1.807, 2.05) is 0 Å². The van der Waals surface area contributed by atoms with Gasteiger partial charge in [0.1, 0.15) is 12.2 Å². The zero-order valence-electron chi connectivity index (χ0n) is 15.6. The van der Waals surface area contributed by atoms with Gasteiger partial charge in [-0.3, -0.25) is 0 Å². The molecule has 148 valence electrons. The molecule has 0 amide bonds. The number of carbonyl (C=O) groups excluding carboxylic acids is 2. The zero-order chi connectivity index (χ0) is 20.1. The standard InChI is InChI=1S/C20H26O7/c1-11(6-7-21)19(24)26-17-9-14(10-22)4-5-15(23)12(2)8-16-18(17)13(3)20(25)27-16/h4,6,8,15-18,21-23H,3,5,7,9-10H2,1-2H3/b11-6+,12-8+,14-4-/t15-,16+,17+,18-/m0/s1. The van der Waals surface area contributed by atoms with Gasteiger partial charge in [0.2, 0.25) is 0 Å². The number of hydrogen-bond donors (Lipinski definition) is 3. The molecule has 1 fully saturated rings. The van der Waals surface area contributed by atoms with E-state index in [-0.39, 0.29) is 37.2 Å². The lowest BCUT2D eigenvalue weighted by Gasteiger charge is -2.28. The number of fused-ring (bicyclic) bond motifs is 1. The number of carbonyl (C=O) groups is 2. The van der Waals surface area contributed by atoms with Gasteiger partial charge in [0.15, 0.2) is 0 Å². The zero-order valence-corrected chi connectivity index (χ0v) is 15.6. The maximum absolute atomic E-state index is 12.3. The molecular weight excluding hydrogens is 352 g/mol. The van der Waals surface area contributed by atoms with Crippen molar-refractivity contribution in [2.75, 3.05) is 13.2 Å². The highest BCUT2D eigenvalue weighted by Gasteiger charge is 2.44. The minimum Gasteiger partial charge on any atom is -0.458 e. The molecule has 2 rings (SSSR count). The van der Waals surface area contributed by atoms with Crippen molar-refractivity contribution in [3.05, 3.63) is 47.1 Å². The topological polar surface area (TPSA) is 113 Å². The summed E-state index contributed by atoms with van der Waals surface area (Å²) >= 11 is 0. The molecule has 1 aliphatic heterocycles. The third-order valence-electron chi connectivity index (χ3n) is 4.89. The molecule has 1 saturated heterocycles. The van der Waals surface area contributed by atoms with Gasteiger partial charge in [-0.15, -0.1) is 0 Å². The minimum atomic E-state index is -0.791. The molecule has 7 heteroatoms. The second-order valence-corrected chi connectivity index (χ2v) is 6.82. The number of aliphatic hydroxyl groups excluding tert-OH is 3. The first-order chi connectivity index (χ1) is 12.8. The van der Waals surface area contributed by atoms with Gasteiger partial charge in [0, 0.05) is 17.6 Å². The molecule has 3 N–H and O–H groups in total. The molecule has 0 aromatic heterocycles. The van der Waals surface area contributed by atoms with E-state index < -0.39 is 36.2 Å². The van der Waals surface area contributed by atoms with Gasteiger partial charge >= 0.3 is 11.9 Å². The van der Waals surface area contributed by atoms with Crippen molar-refractivity contribution >= 4 is 11.9 Å². The van der Waals surface area contributed by atoms with Crippen LogP contribution in [0.25, 0.3) is 0 Å². The summed E-state index contributed by atoms with van der Waals surface area (Å²) in [6.07, 6.45) is 2.86. The molecule has 0 unspecified atom stereocenters. The van der Waals surface area contributed by atoms with E-state index in [1.165, 1.54) is 13.0 Å². The lowest BCUT2D eigenvalue weighted by atomic mass is 9.85. The molecule has 4 atom stereocenters. The van der Waals surface area contributed by atoms with Gasteiger partial charge in [-0.05, 0) is 43.6 Å². The van der Waals surface area contributed by atoms with Crippen molar-refractivity contribution in [3.8, 4) is 0 Å². The van der Waals surface area contributed by atoms with Crippen LogP contribution in [0.4, 0.5) is 0 Å². The first-order valence-electron chi connectivity index (χ1n) is 8.82. The van der Waals surface area contributed by atoms with Crippen molar-refractivity contribution in [1.29, 1.82) is 0 Å². The van der Waals surface area contributed by atoms with Gasteiger partial charge in [-0.1, -0.05) is 12.7 Å². The Morgan fingerprint density at radius 2 is 2.15 bits per heavy atom. The lowest BCUT2D eigenvalue weighted by Crippen LogP contribution is -2.34. The third kappa shape index (κ3) is 4.94. The average Bonchev–Trinajstić information content (AvgIpc) is 2.90. The van der Waals surface area contributed by atoms with E-state index in [1.54, 1.807) is 19.1 Å². The molecule has 0 radical (unpaired) electrons. The predicted octanol–water partition coefficient (Wildman–Crippen LogP) is 0.954. The summed E-state index contributed by atoms with van der Waals surface area (Å²) in [5.41, 5.74) is 1.61. The smallest absolute Gasteiger partial charge is 0.334 e. The van der Waals surface area contributed by atoms with Crippen molar-refractivity contribution in [2.45, 2.75) is 45.0 Å². The quantitative estimate of drug-likeness (QED) is 0.379. The maximum atomic E-state index is 12.3. The molecule has 0 aromatic carbocycles. The monoisotopic (exact) mass is 378 g/mol. The van der Waals surface area contributed by atoms with Gasteiger partial charge in [0.25, 0.3) is 0 Å². The highest BCUT2D eigenvalue weighted by atomic mass is 16.6. The highest BCUT2D eigenvalue weighted by Crippen LogP contribution is 2.36. The Kier molecular flexibility index (Phi) is 7.12. The van der Waals surface area contributed by atoms with Crippen LogP contribution in [0.2, 0.25) is 0 Å². The third-order valence-corrected chi connectivity index (χ3v) is 4.89. The Bertz CT molecular complexity index is 699. The molecule has 0 saturated carbocycles. The van der Waals surface area contributed by atoms with E-state index in [0.29, 0.717) is 11.1 Å². The largest absolute Gasteiger partial charge is 0.458 e. The maximum Gasteiger partial charge on any atom is 0.334 e. The van der Waals surface area contributed by atoms with E-state index in [0.717, 1.165) is 0 Å². The fourth-order valence-electron chi connectivity index (χ4n) is 3.18. The van der Waals surface area contributed by atoms with Gasteiger partial charge < -0.3 is 24.8 Å². The van der Waals surface area contributed by atoms with E-state index in [9.17, 15) is 19.8 Å². The van der Waals surface area contributed by atoms with Crippen LogP contribution in [-0.2, 0) is 19.1 Å². The van der Waals surface area contributed by atoms with Crippen LogP contribution < -0.4 is 0 Å². The van der Waals surface area contributed by atoms with Gasteiger partial charge in [-0.25, -0.2) is 9.59 Å². The molecule has 0 bridgehead atoms. The fourth-order valence-corrected chi connectivity index (χ4v) is 3.18. The van der Waals surface area contributed by atoms with Crippen molar-refractivity contribution in [1.82, 2.24) is 0 Å². The number of hydrogen-bond acceptors (Lipinski definition) is 7.